The zero-order valence-electron chi connectivity index (χ0n) is 13.9. The number of carbonyl (C=O) groups excluding carboxylic acids is 2. The molecule has 2 aromatic carbocycles. The summed E-state index contributed by atoms with van der Waals surface area (Å²) in [5.41, 5.74) is 3.20. The predicted octanol–water partition coefficient (Wildman–Crippen LogP) is 1.67. The lowest BCUT2D eigenvalue weighted by atomic mass is 10.2. The maximum atomic E-state index is 12.1. The third-order valence-corrected chi connectivity index (χ3v) is 3.41. The van der Waals surface area contributed by atoms with Crippen LogP contribution < -0.4 is 15.5 Å². The highest BCUT2D eigenvalue weighted by molar-refractivity contribution is 5.97. The van der Waals surface area contributed by atoms with Crippen molar-refractivity contribution < 1.29 is 19.4 Å². The zero-order chi connectivity index (χ0) is 18.2. The van der Waals surface area contributed by atoms with Crippen molar-refractivity contribution in [3.05, 3.63) is 59.7 Å². The van der Waals surface area contributed by atoms with Gasteiger partial charge in [0.15, 0.2) is 0 Å². The summed E-state index contributed by atoms with van der Waals surface area (Å²) in [7, 11) is 1.54. The van der Waals surface area contributed by atoms with E-state index in [2.05, 4.69) is 15.8 Å². The van der Waals surface area contributed by atoms with Crippen LogP contribution in [0.2, 0.25) is 0 Å². The molecule has 0 aromatic heterocycles. The molecule has 0 fully saturated rings. The number of hydrogen-bond acceptors (Lipinski definition) is 5. The summed E-state index contributed by atoms with van der Waals surface area (Å²) < 4.78 is 5.03. The lowest BCUT2D eigenvalue weighted by Crippen LogP contribution is -2.43. The zero-order valence-corrected chi connectivity index (χ0v) is 13.9. The molecule has 0 heterocycles. The summed E-state index contributed by atoms with van der Waals surface area (Å²) in [5.74, 6) is -0.161. The van der Waals surface area contributed by atoms with Gasteiger partial charge < -0.3 is 15.2 Å². The Labute approximate surface area is 145 Å². The van der Waals surface area contributed by atoms with Crippen LogP contribution in [0.15, 0.2) is 53.6 Å². The van der Waals surface area contributed by atoms with E-state index in [1.807, 2.05) is 0 Å². The van der Waals surface area contributed by atoms with Crippen molar-refractivity contribution in [2.45, 2.75) is 13.0 Å². The smallest absolute Gasteiger partial charge is 0.262 e. The van der Waals surface area contributed by atoms with Gasteiger partial charge in [-0.3, -0.25) is 9.59 Å². The van der Waals surface area contributed by atoms with E-state index in [1.165, 1.54) is 19.4 Å². The number of ether oxygens (including phenoxy) is 1. The number of rotatable bonds is 6. The molecule has 7 nitrogen and oxygen atoms in total. The first-order valence-corrected chi connectivity index (χ1v) is 7.57. The second-order valence-electron chi connectivity index (χ2n) is 5.22. The van der Waals surface area contributed by atoms with Crippen LogP contribution in [0.5, 0.6) is 11.5 Å². The van der Waals surface area contributed by atoms with Crippen molar-refractivity contribution in [3.8, 4) is 11.5 Å². The highest BCUT2D eigenvalue weighted by atomic mass is 16.5. The number of carbonyl (C=O) groups is 2. The first kappa shape index (κ1) is 18.0. The second-order valence-corrected chi connectivity index (χ2v) is 5.22. The van der Waals surface area contributed by atoms with E-state index in [9.17, 15) is 14.7 Å². The molecule has 1 atom stereocenters. The monoisotopic (exact) mass is 341 g/mol. The Kier molecular flexibility index (Phi) is 6.11. The number of nitrogens with one attached hydrogen (secondary N) is 2. The fourth-order valence-electron chi connectivity index (χ4n) is 1.95. The molecular formula is C18H19N3O4. The van der Waals surface area contributed by atoms with Gasteiger partial charge in [-0.2, -0.15) is 5.10 Å². The van der Waals surface area contributed by atoms with Crippen molar-refractivity contribution in [1.29, 1.82) is 0 Å². The molecule has 0 aliphatic heterocycles. The molecule has 0 aliphatic rings. The fourth-order valence-corrected chi connectivity index (χ4v) is 1.95. The van der Waals surface area contributed by atoms with E-state index in [4.69, 9.17) is 4.74 Å². The van der Waals surface area contributed by atoms with Crippen LogP contribution in [-0.4, -0.2) is 36.3 Å². The molecule has 0 radical (unpaired) electrons. The molecule has 0 spiro atoms. The highest BCUT2D eigenvalue weighted by Crippen LogP contribution is 2.12. The third kappa shape index (κ3) is 5.07. The molecule has 0 aliphatic carbocycles. The summed E-state index contributed by atoms with van der Waals surface area (Å²) in [6.45, 7) is 1.55. The van der Waals surface area contributed by atoms with Crippen molar-refractivity contribution in [2.24, 2.45) is 5.10 Å². The second kappa shape index (κ2) is 8.49. The molecule has 130 valence electrons. The Bertz CT molecular complexity index is 772. The number of phenolic OH excluding ortho intramolecular Hbond substituents is 1. The Morgan fingerprint density at radius 3 is 2.48 bits per heavy atom. The van der Waals surface area contributed by atoms with Crippen LogP contribution in [0.4, 0.5) is 0 Å². The largest absolute Gasteiger partial charge is 0.507 e. The Morgan fingerprint density at radius 2 is 1.84 bits per heavy atom. The summed E-state index contributed by atoms with van der Waals surface area (Å²) in [5, 5.41) is 15.9. The van der Waals surface area contributed by atoms with E-state index in [1.54, 1.807) is 49.4 Å². The Balaban J connectivity index is 1.89. The SMILES string of the molecule is COc1ccc(C(=O)NC(C)C(=O)N/N=C/c2ccccc2O)cc1. The van der Waals surface area contributed by atoms with E-state index < -0.39 is 11.9 Å². The van der Waals surface area contributed by atoms with Gasteiger partial charge in [-0.15, -0.1) is 0 Å². The average molecular weight is 341 g/mol. The summed E-state index contributed by atoms with van der Waals surface area (Å²) in [6, 6.07) is 12.3. The van der Waals surface area contributed by atoms with Gasteiger partial charge in [0.25, 0.3) is 11.8 Å². The van der Waals surface area contributed by atoms with Gasteiger partial charge in [0.1, 0.15) is 17.5 Å². The maximum Gasteiger partial charge on any atom is 0.262 e. The molecule has 2 amide bonds. The third-order valence-electron chi connectivity index (χ3n) is 3.41. The molecule has 0 saturated heterocycles. The number of amides is 2. The number of aromatic hydroxyl groups is 1. The van der Waals surface area contributed by atoms with Crippen LogP contribution in [0.1, 0.15) is 22.8 Å². The lowest BCUT2D eigenvalue weighted by molar-refractivity contribution is -0.122. The van der Waals surface area contributed by atoms with Gasteiger partial charge >= 0.3 is 0 Å². The molecule has 0 saturated carbocycles. The van der Waals surface area contributed by atoms with Crippen molar-refractivity contribution in [1.82, 2.24) is 10.7 Å². The van der Waals surface area contributed by atoms with Crippen molar-refractivity contribution in [3.63, 3.8) is 0 Å². The molecule has 2 rings (SSSR count). The number of benzene rings is 2. The number of nitrogens with zero attached hydrogens (tertiary/aromatic N) is 1. The lowest BCUT2D eigenvalue weighted by Gasteiger charge is -2.12. The van der Waals surface area contributed by atoms with Crippen molar-refractivity contribution >= 4 is 18.0 Å². The normalized spacial score (nSPS) is 11.8. The van der Waals surface area contributed by atoms with Crippen LogP contribution in [0.25, 0.3) is 0 Å². The van der Waals surface area contributed by atoms with Gasteiger partial charge in [0.05, 0.1) is 13.3 Å². The Hall–Kier alpha value is -3.35. The first-order chi connectivity index (χ1) is 12.0. The maximum absolute atomic E-state index is 12.1. The summed E-state index contributed by atoms with van der Waals surface area (Å²) in [6.07, 6.45) is 1.32. The van der Waals surface area contributed by atoms with Gasteiger partial charge in [-0.25, -0.2) is 5.43 Å². The molecule has 0 bridgehead atoms. The number of methoxy groups -OCH3 is 1. The topological polar surface area (TPSA) is 100 Å². The molecule has 1 unspecified atom stereocenters. The van der Waals surface area contributed by atoms with Gasteiger partial charge in [-0.1, -0.05) is 12.1 Å². The molecular weight excluding hydrogens is 322 g/mol. The number of phenols is 1. The number of hydrogen-bond donors (Lipinski definition) is 3. The van der Waals surface area contributed by atoms with Crippen LogP contribution in [0.3, 0.4) is 0 Å². The van der Waals surface area contributed by atoms with E-state index in [-0.39, 0.29) is 11.7 Å². The fraction of sp³-hybridized carbons (Fsp3) is 0.167. The summed E-state index contributed by atoms with van der Waals surface area (Å²) >= 11 is 0. The molecule has 2 aromatic rings. The quantitative estimate of drug-likeness (QED) is 0.550. The molecule has 7 heteroatoms. The molecule has 3 N–H and O–H groups in total. The van der Waals surface area contributed by atoms with Gasteiger partial charge in [0.2, 0.25) is 0 Å². The van der Waals surface area contributed by atoms with Crippen molar-refractivity contribution in [2.75, 3.05) is 7.11 Å². The Morgan fingerprint density at radius 1 is 1.16 bits per heavy atom. The average Bonchev–Trinajstić information content (AvgIpc) is 2.63. The van der Waals surface area contributed by atoms with Gasteiger partial charge in [0, 0.05) is 11.1 Å². The minimum atomic E-state index is -0.781. The number of hydrazone groups is 1. The predicted molar refractivity (Wildman–Crippen MR) is 93.8 cm³/mol. The standard InChI is InChI=1S/C18H19N3O4/c1-12(20-18(24)13-7-9-15(25-2)10-8-13)17(23)21-19-11-14-5-3-4-6-16(14)22/h3-12,22H,1-2H3,(H,20,24)(H,21,23)/b19-11+. The van der Waals surface area contributed by atoms with E-state index in [0.29, 0.717) is 16.9 Å². The van der Waals surface area contributed by atoms with E-state index in [0.717, 1.165) is 0 Å². The summed E-state index contributed by atoms with van der Waals surface area (Å²) in [4.78, 5) is 24.1. The number of para-hydroxylation sites is 1. The minimum Gasteiger partial charge on any atom is -0.507 e. The molecule has 25 heavy (non-hydrogen) atoms. The highest BCUT2D eigenvalue weighted by Gasteiger charge is 2.16. The van der Waals surface area contributed by atoms with Gasteiger partial charge in [-0.05, 0) is 43.3 Å². The minimum absolute atomic E-state index is 0.0568. The van der Waals surface area contributed by atoms with Crippen LogP contribution >= 0.6 is 0 Å². The van der Waals surface area contributed by atoms with Crippen LogP contribution in [-0.2, 0) is 4.79 Å². The van der Waals surface area contributed by atoms with Crippen LogP contribution in [0, 0.1) is 0 Å². The van der Waals surface area contributed by atoms with E-state index >= 15 is 0 Å². The first-order valence-electron chi connectivity index (χ1n) is 7.57.